The summed E-state index contributed by atoms with van der Waals surface area (Å²) >= 11 is 0. The topological polar surface area (TPSA) is 101 Å². The largest absolute Gasteiger partial charge is 0.437 e. The molecule has 8 nitrogen and oxygen atoms in total. The lowest BCUT2D eigenvalue weighted by Crippen LogP contribution is -2.38. The number of aryl methyl sites for hydroxylation is 1. The molecule has 4 aromatic rings. The van der Waals surface area contributed by atoms with E-state index in [1.54, 1.807) is 18.5 Å². The molecule has 1 saturated heterocycles. The van der Waals surface area contributed by atoms with Crippen molar-refractivity contribution in [1.29, 1.82) is 0 Å². The molecule has 3 heterocycles. The molecule has 0 radical (unpaired) electrons. The summed E-state index contributed by atoms with van der Waals surface area (Å²) in [7, 11) is 0. The van der Waals surface area contributed by atoms with Crippen LogP contribution in [0.2, 0.25) is 0 Å². The predicted octanol–water partition coefficient (Wildman–Crippen LogP) is 7.00. The molecule has 6 rings (SSSR count). The highest BCUT2D eigenvalue weighted by molar-refractivity contribution is 6.04. The number of piperidine rings is 1. The molecule has 1 unspecified atom stereocenters. The van der Waals surface area contributed by atoms with E-state index < -0.39 is 5.82 Å². The normalized spacial score (nSPS) is 17.6. The number of rotatable bonds is 8. The number of halogens is 1. The Hall–Kier alpha value is -4.11. The van der Waals surface area contributed by atoms with E-state index in [1.807, 2.05) is 37.3 Å². The number of benzene rings is 2. The van der Waals surface area contributed by atoms with E-state index in [9.17, 15) is 4.79 Å². The molecule has 2 aromatic carbocycles. The number of ether oxygens (including phenoxy) is 1. The summed E-state index contributed by atoms with van der Waals surface area (Å²) in [6.45, 7) is 3.84. The highest BCUT2D eigenvalue weighted by Gasteiger charge is 2.21. The monoisotopic (exact) mass is 568 g/mol. The summed E-state index contributed by atoms with van der Waals surface area (Å²) in [5.74, 6) is 1.22. The molecular weight excluding hydrogens is 531 g/mol. The fourth-order valence-corrected chi connectivity index (χ4v) is 6.07. The standard InChI is InChI=1S/C33H37FN6O2/c1-21-11-12-24-25(13-14-27(34)30(24)40-29(41)19-22-7-3-2-4-8-22)31(21)42-32-26(10-6-17-36-32)28-15-18-37-33(39-28)38-23-9-5-16-35-20-23/h6,10-15,17-18,22-23,35H,2-5,7-9,16,19-20H2,1H3,(H,40,41)(H,37,38,39). The molecule has 42 heavy (non-hydrogen) atoms. The fourth-order valence-electron chi connectivity index (χ4n) is 6.07. The number of amides is 1. The van der Waals surface area contributed by atoms with Gasteiger partial charge in [0, 0.05) is 42.2 Å². The number of hydrogen-bond acceptors (Lipinski definition) is 7. The lowest BCUT2D eigenvalue weighted by Gasteiger charge is -2.23. The lowest BCUT2D eigenvalue weighted by molar-refractivity contribution is -0.117. The van der Waals surface area contributed by atoms with Crippen molar-refractivity contribution in [1.82, 2.24) is 20.3 Å². The molecule has 0 spiro atoms. The molecule has 3 N–H and O–H groups in total. The Bertz CT molecular complexity index is 1570. The van der Waals surface area contributed by atoms with Crippen molar-refractivity contribution in [2.45, 2.75) is 64.3 Å². The van der Waals surface area contributed by atoms with Crippen LogP contribution in [0.5, 0.6) is 11.6 Å². The Balaban J connectivity index is 1.28. The van der Waals surface area contributed by atoms with Crippen LogP contribution in [0.25, 0.3) is 22.0 Å². The van der Waals surface area contributed by atoms with E-state index in [0.29, 0.717) is 51.9 Å². The maximum Gasteiger partial charge on any atom is 0.228 e. The Morgan fingerprint density at radius 3 is 2.69 bits per heavy atom. The van der Waals surface area contributed by atoms with Crippen molar-refractivity contribution in [3.63, 3.8) is 0 Å². The first-order chi connectivity index (χ1) is 20.5. The molecule has 2 aliphatic rings. The maximum absolute atomic E-state index is 15.1. The molecule has 9 heteroatoms. The first kappa shape index (κ1) is 28.0. The van der Waals surface area contributed by atoms with Crippen LogP contribution in [0.15, 0.2) is 54.9 Å². The van der Waals surface area contributed by atoms with Crippen molar-refractivity contribution < 1.29 is 13.9 Å². The summed E-state index contributed by atoms with van der Waals surface area (Å²) in [5, 5.41) is 11.0. The third kappa shape index (κ3) is 6.36. The van der Waals surface area contributed by atoms with Crippen LogP contribution < -0.4 is 20.7 Å². The average molecular weight is 569 g/mol. The van der Waals surface area contributed by atoms with Gasteiger partial charge < -0.3 is 20.7 Å². The van der Waals surface area contributed by atoms with Crippen molar-refractivity contribution in [2.24, 2.45) is 5.92 Å². The first-order valence-corrected chi connectivity index (χ1v) is 15.0. The summed E-state index contributed by atoms with van der Waals surface area (Å²) in [5.41, 5.74) is 2.44. The quantitative estimate of drug-likeness (QED) is 0.210. The van der Waals surface area contributed by atoms with Gasteiger partial charge in [0.1, 0.15) is 11.6 Å². The van der Waals surface area contributed by atoms with Gasteiger partial charge in [-0.3, -0.25) is 4.79 Å². The van der Waals surface area contributed by atoms with Gasteiger partial charge in [-0.25, -0.2) is 19.3 Å². The van der Waals surface area contributed by atoms with Crippen LogP contribution in [0.4, 0.5) is 16.0 Å². The van der Waals surface area contributed by atoms with Crippen LogP contribution in [-0.2, 0) is 4.79 Å². The Morgan fingerprint density at radius 1 is 1.00 bits per heavy atom. The average Bonchev–Trinajstić information content (AvgIpc) is 3.01. The maximum atomic E-state index is 15.1. The first-order valence-electron chi connectivity index (χ1n) is 15.0. The summed E-state index contributed by atoms with van der Waals surface area (Å²) in [4.78, 5) is 26.7. The summed E-state index contributed by atoms with van der Waals surface area (Å²) in [6.07, 6.45) is 11.6. The number of nitrogens with one attached hydrogen (secondary N) is 3. The van der Waals surface area contributed by atoms with Crippen LogP contribution in [0.1, 0.15) is 56.9 Å². The Kier molecular flexibility index (Phi) is 8.55. The van der Waals surface area contributed by atoms with Gasteiger partial charge in [-0.1, -0.05) is 31.4 Å². The van der Waals surface area contributed by atoms with E-state index in [1.165, 1.54) is 12.5 Å². The van der Waals surface area contributed by atoms with Crippen molar-refractivity contribution in [2.75, 3.05) is 23.7 Å². The third-order valence-corrected chi connectivity index (χ3v) is 8.29. The van der Waals surface area contributed by atoms with Crippen LogP contribution in [0, 0.1) is 18.7 Å². The van der Waals surface area contributed by atoms with Gasteiger partial charge in [0.25, 0.3) is 0 Å². The minimum atomic E-state index is -0.470. The smallest absolute Gasteiger partial charge is 0.228 e. The second-order valence-corrected chi connectivity index (χ2v) is 11.4. The second-order valence-electron chi connectivity index (χ2n) is 11.4. The second kappa shape index (κ2) is 12.8. The van der Waals surface area contributed by atoms with Gasteiger partial charge in [-0.2, -0.15) is 0 Å². The highest BCUT2D eigenvalue weighted by Crippen LogP contribution is 2.39. The lowest BCUT2D eigenvalue weighted by atomic mass is 9.87. The zero-order valence-electron chi connectivity index (χ0n) is 24.0. The highest BCUT2D eigenvalue weighted by atomic mass is 19.1. The molecule has 1 atom stereocenters. The molecule has 218 valence electrons. The molecule has 1 aliphatic heterocycles. The van der Waals surface area contributed by atoms with Gasteiger partial charge in [0.05, 0.1) is 16.9 Å². The molecule has 0 bridgehead atoms. The molecular formula is C33H37FN6O2. The van der Waals surface area contributed by atoms with Gasteiger partial charge in [-0.05, 0) is 81.0 Å². The number of carbonyl (C=O) groups excluding carboxylic acids is 1. The van der Waals surface area contributed by atoms with Gasteiger partial charge in [-0.15, -0.1) is 0 Å². The van der Waals surface area contributed by atoms with E-state index in [2.05, 4.69) is 25.9 Å². The van der Waals surface area contributed by atoms with Crippen molar-refractivity contribution >= 4 is 28.3 Å². The number of hydrogen-bond donors (Lipinski definition) is 3. The summed E-state index contributed by atoms with van der Waals surface area (Å²) in [6, 6.07) is 12.6. The predicted molar refractivity (Wildman–Crippen MR) is 163 cm³/mol. The summed E-state index contributed by atoms with van der Waals surface area (Å²) < 4.78 is 21.6. The van der Waals surface area contributed by atoms with E-state index in [0.717, 1.165) is 57.2 Å². The van der Waals surface area contributed by atoms with Crippen molar-refractivity contribution in [3.05, 3.63) is 66.2 Å². The molecule has 1 amide bonds. The van der Waals surface area contributed by atoms with Gasteiger partial charge >= 0.3 is 0 Å². The van der Waals surface area contributed by atoms with Crippen molar-refractivity contribution in [3.8, 4) is 22.9 Å². The number of pyridine rings is 1. The van der Waals surface area contributed by atoms with Gasteiger partial charge in [0.2, 0.25) is 17.7 Å². The number of nitrogens with zero attached hydrogens (tertiary/aromatic N) is 3. The number of fused-ring (bicyclic) bond motifs is 1. The van der Waals surface area contributed by atoms with E-state index in [-0.39, 0.29) is 17.6 Å². The zero-order valence-corrected chi connectivity index (χ0v) is 24.0. The van der Waals surface area contributed by atoms with Crippen LogP contribution in [-0.4, -0.2) is 40.0 Å². The number of aromatic nitrogens is 3. The Morgan fingerprint density at radius 2 is 1.86 bits per heavy atom. The minimum Gasteiger partial charge on any atom is -0.437 e. The van der Waals surface area contributed by atoms with E-state index >= 15 is 4.39 Å². The fraction of sp³-hybridized carbons (Fsp3) is 0.394. The molecule has 2 fully saturated rings. The molecule has 1 saturated carbocycles. The SMILES string of the molecule is Cc1ccc2c(NC(=O)CC3CCCCC3)c(F)ccc2c1Oc1ncccc1-c1ccnc(NC2CCCNC2)n1. The number of anilines is 2. The van der Waals surface area contributed by atoms with Crippen LogP contribution >= 0.6 is 0 Å². The van der Waals surface area contributed by atoms with E-state index in [4.69, 9.17) is 9.72 Å². The van der Waals surface area contributed by atoms with Crippen LogP contribution in [0.3, 0.4) is 0 Å². The zero-order chi connectivity index (χ0) is 28.9. The minimum absolute atomic E-state index is 0.152. The molecule has 2 aromatic heterocycles. The van der Waals surface area contributed by atoms with Gasteiger partial charge in [0.15, 0.2) is 0 Å². The third-order valence-electron chi connectivity index (χ3n) is 8.29. The molecule has 1 aliphatic carbocycles. The number of carbonyl (C=O) groups is 1. The Labute approximate surface area is 245 Å².